The number of hydrogen-bond donors (Lipinski definition) is 0. The SMILES string of the molecule is CC(=O)c1ccccc1C(=O)N1CCCC(C#N)C1. The Balaban J connectivity index is 2.25. The molecule has 1 fully saturated rings. The molecule has 19 heavy (non-hydrogen) atoms. The van der Waals surface area contributed by atoms with Gasteiger partial charge in [-0.25, -0.2) is 0 Å². The van der Waals surface area contributed by atoms with Crippen LogP contribution in [0.15, 0.2) is 24.3 Å². The number of piperidine rings is 1. The minimum absolute atomic E-state index is 0.0952. The second kappa shape index (κ2) is 5.66. The lowest BCUT2D eigenvalue weighted by Crippen LogP contribution is -2.40. The van der Waals surface area contributed by atoms with Crippen LogP contribution in [0.1, 0.15) is 40.5 Å². The van der Waals surface area contributed by atoms with E-state index >= 15 is 0 Å². The highest BCUT2D eigenvalue weighted by molar-refractivity contribution is 6.07. The number of amides is 1. The first kappa shape index (κ1) is 13.3. The van der Waals surface area contributed by atoms with Crippen LogP contribution in [-0.2, 0) is 0 Å². The van der Waals surface area contributed by atoms with E-state index in [2.05, 4.69) is 6.07 Å². The highest BCUT2D eigenvalue weighted by Gasteiger charge is 2.26. The van der Waals surface area contributed by atoms with Gasteiger partial charge in [0.25, 0.3) is 5.91 Å². The molecular weight excluding hydrogens is 240 g/mol. The van der Waals surface area contributed by atoms with Crippen molar-refractivity contribution >= 4 is 11.7 Å². The van der Waals surface area contributed by atoms with Gasteiger partial charge >= 0.3 is 0 Å². The Morgan fingerprint density at radius 3 is 2.63 bits per heavy atom. The number of likely N-dealkylation sites (tertiary alicyclic amines) is 1. The van der Waals surface area contributed by atoms with Crippen molar-refractivity contribution in [1.29, 1.82) is 5.26 Å². The van der Waals surface area contributed by atoms with Crippen molar-refractivity contribution in [2.45, 2.75) is 19.8 Å². The van der Waals surface area contributed by atoms with Crippen molar-refractivity contribution in [2.24, 2.45) is 5.92 Å². The van der Waals surface area contributed by atoms with Gasteiger partial charge in [-0.05, 0) is 25.8 Å². The molecule has 0 radical (unpaired) electrons. The van der Waals surface area contributed by atoms with E-state index in [1.807, 2.05) is 0 Å². The number of hydrogen-bond acceptors (Lipinski definition) is 3. The first-order valence-electron chi connectivity index (χ1n) is 6.42. The highest BCUT2D eigenvalue weighted by Crippen LogP contribution is 2.19. The van der Waals surface area contributed by atoms with Crippen LogP contribution in [0.2, 0.25) is 0 Å². The second-order valence-corrected chi connectivity index (χ2v) is 4.82. The molecule has 4 heteroatoms. The number of Topliss-reactive ketones (excluding diaryl/α,β-unsaturated/α-hetero) is 1. The van der Waals surface area contributed by atoms with E-state index in [0.717, 1.165) is 12.8 Å². The Morgan fingerprint density at radius 1 is 1.32 bits per heavy atom. The van der Waals surface area contributed by atoms with Crippen LogP contribution in [-0.4, -0.2) is 29.7 Å². The second-order valence-electron chi connectivity index (χ2n) is 4.82. The van der Waals surface area contributed by atoms with Crippen molar-refractivity contribution < 1.29 is 9.59 Å². The lowest BCUT2D eigenvalue weighted by Gasteiger charge is -2.30. The molecule has 0 spiro atoms. The molecule has 1 aliphatic heterocycles. The summed E-state index contributed by atoms with van der Waals surface area (Å²) in [4.78, 5) is 25.7. The molecule has 1 unspecified atom stereocenters. The third-order valence-corrected chi connectivity index (χ3v) is 3.43. The molecule has 0 bridgehead atoms. The first-order chi connectivity index (χ1) is 9.13. The molecule has 0 saturated carbocycles. The molecule has 0 N–H and O–H groups in total. The lowest BCUT2D eigenvalue weighted by atomic mass is 9.97. The average molecular weight is 256 g/mol. The maximum atomic E-state index is 12.5. The van der Waals surface area contributed by atoms with Crippen LogP contribution in [0.5, 0.6) is 0 Å². The minimum Gasteiger partial charge on any atom is -0.337 e. The van der Waals surface area contributed by atoms with Gasteiger partial charge in [0.2, 0.25) is 0 Å². The summed E-state index contributed by atoms with van der Waals surface area (Å²) in [6.07, 6.45) is 1.68. The van der Waals surface area contributed by atoms with Crippen molar-refractivity contribution in [3.05, 3.63) is 35.4 Å². The zero-order valence-electron chi connectivity index (χ0n) is 10.9. The van der Waals surface area contributed by atoms with Crippen LogP contribution in [0.3, 0.4) is 0 Å². The summed E-state index contributed by atoms with van der Waals surface area (Å²) in [5, 5.41) is 8.96. The number of nitriles is 1. The number of carbonyl (C=O) groups is 2. The standard InChI is InChI=1S/C15H16N2O2/c1-11(18)13-6-2-3-7-14(13)15(19)17-8-4-5-12(9-16)10-17/h2-3,6-7,12H,4-5,8,10H2,1H3. The summed E-state index contributed by atoms with van der Waals surface area (Å²) in [7, 11) is 0. The van der Waals surface area contributed by atoms with Gasteiger partial charge in [-0.1, -0.05) is 18.2 Å². The average Bonchev–Trinajstić information content (AvgIpc) is 2.46. The van der Waals surface area contributed by atoms with Crippen molar-refractivity contribution in [2.75, 3.05) is 13.1 Å². The Bertz CT molecular complexity index is 545. The zero-order chi connectivity index (χ0) is 13.8. The Hall–Kier alpha value is -2.15. The van der Waals surface area contributed by atoms with Gasteiger partial charge in [0.1, 0.15) is 0 Å². The molecule has 98 valence electrons. The predicted molar refractivity (Wildman–Crippen MR) is 70.7 cm³/mol. The largest absolute Gasteiger partial charge is 0.337 e. The Kier molecular flexibility index (Phi) is 3.96. The smallest absolute Gasteiger partial charge is 0.254 e. The fourth-order valence-corrected chi connectivity index (χ4v) is 2.41. The summed E-state index contributed by atoms with van der Waals surface area (Å²) in [6, 6.07) is 9.07. The van der Waals surface area contributed by atoms with Gasteiger partial charge < -0.3 is 4.90 Å². The molecule has 2 rings (SSSR count). The van der Waals surface area contributed by atoms with E-state index in [0.29, 0.717) is 24.2 Å². The van der Waals surface area contributed by atoms with Crippen LogP contribution >= 0.6 is 0 Å². The van der Waals surface area contributed by atoms with Gasteiger partial charge in [0.05, 0.1) is 17.6 Å². The van der Waals surface area contributed by atoms with Gasteiger partial charge in [-0.2, -0.15) is 5.26 Å². The maximum Gasteiger partial charge on any atom is 0.254 e. The lowest BCUT2D eigenvalue weighted by molar-refractivity contribution is 0.0695. The fraction of sp³-hybridized carbons (Fsp3) is 0.400. The van der Waals surface area contributed by atoms with E-state index < -0.39 is 0 Å². The van der Waals surface area contributed by atoms with Crippen LogP contribution in [0.4, 0.5) is 0 Å². The molecular formula is C15H16N2O2. The molecule has 1 saturated heterocycles. The van der Waals surface area contributed by atoms with Crippen molar-refractivity contribution in [3.63, 3.8) is 0 Å². The molecule has 0 aliphatic carbocycles. The van der Waals surface area contributed by atoms with Gasteiger partial charge in [0.15, 0.2) is 5.78 Å². The van der Waals surface area contributed by atoms with Gasteiger partial charge in [-0.3, -0.25) is 9.59 Å². The van der Waals surface area contributed by atoms with Crippen LogP contribution in [0.25, 0.3) is 0 Å². The molecule has 1 aliphatic rings. The Morgan fingerprint density at radius 2 is 2.00 bits per heavy atom. The van der Waals surface area contributed by atoms with Crippen molar-refractivity contribution in [1.82, 2.24) is 4.90 Å². The predicted octanol–water partition coefficient (Wildman–Crippen LogP) is 2.26. The quantitative estimate of drug-likeness (QED) is 0.762. The summed E-state index contributed by atoms with van der Waals surface area (Å²) in [5.41, 5.74) is 0.889. The number of benzene rings is 1. The van der Waals surface area contributed by atoms with E-state index in [1.54, 1.807) is 29.2 Å². The summed E-state index contributed by atoms with van der Waals surface area (Å²) >= 11 is 0. The molecule has 1 amide bonds. The monoisotopic (exact) mass is 256 g/mol. The van der Waals surface area contributed by atoms with E-state index in [4.69, 9.17) is 5.26 Å². The molecule has 1 aromatic rings. The number of nitrogens with zero attached hydrogens (tertiary/aromatic N) is 2. The van der Waals surface area contributed by atoms with Crippen molar-refractivity contribution in [3.8, 4) is 6.07 Å². The zero-order valence-corrected chi connectivity index (χ0v) is 10.9. The molecule has 1 aromatic carbocycles. The van der Waals surface area contributed by atoms with Gasteiger partial charge in [0, 0.05) is 18.7 Å². The summed E-state index contributed by atoms with van der Waals surface area (Å²) in [6.45, 7) is 2.57. The van der Waals surface area contributed by atoms with E-state index in [9.17, 15) is 9.59 Å². The Labute approximate surface area is 112 Å². The fourth-order valence-electron chi connectivity index (χ4n) is 2.41. The third kappa shape index (κ3) is 2.82. The number of ketones is 1. The topological polar surface area (TPSA) is 61.2 Å². The van der Waals surface area contributed by atoms with Crippen LogP contribution < -0.4 is 0 Å². The normalized spacial score (nSPS) is 18.7. The number of carbonyl (C=O) groups excluding carboxylic acids is 2. The third-order valence-electron chi connectivity index (χ3n) is 3.43. The van der Waals surface area contributed by atoms with E-state index in [1.165, 1.54) is 6.92 Å². The molecule has 0 aromatic heterocycles. The molecule has 1 heterocycles. The molecule has 4 nitrogen and oxygen atoms in total. The van der Waals surface area contributed by atoms with E-state index in [-0.39, 0.29) is 17.6 Å². The summed E-state index contributed by atoms with van der Waals surface area (Å²) in [5.74, 6) is -0.356. The first-order valence-corrected chi connectivity index (χ1v) is 6.42. The minimum atomic E-state index is -0.147. The van der Waals surface area contributed by atoms with Crippen LogP contribution in [0, 0.1) is 17.2 Å². The maximum absolute atomic E-state index is 12.5. The molecule has 1 atom stereocenters. The number of rotatable bonds is 2. The summed E-state index contributed by atoms with van der Waals surface area (Å²) < 4.78 is 0. The highest BCUT2D eigenvalue weighted by atomic mass is 16.2. The van der Waals surface area contributed by atoms with Gasteiger partial charge in [-0.15, -0.1) is 0 Å².